The number of ketones is 1. The zero-order valence-corrected chi connectivity index (χ0v) is 20.9. The molecule has 0 amide bonds. The van der Waals surface area contributed by atoms with Crippen LogP contribution in [0, 0.1) is 52.3 Å². The average Bonchev–Trinajstić information content (AvgIpc) is 3.06. The molecule has 0 unspecified atom stereocenters. The van der Waals surface area contributed by atoms with Gasteiger partial charge in [0.25, 0.3) is 0 Å². The molecule has 3 fully saturated rings. The van der Waals surface area contributed by atoms with Crippen molar-refractivity contribution in [1.29, 1.82) is 0 Å². The van der Waals surface area contributed by atoms with Gasteiger partial charge in [-0.05, 0) is 84.9 Å². The Hall–Kier alpha value is -0.710. The molecule has 0 aromatic heterocycles. The second kappa shape index (κ2) is 8.82. The van der Waals surface area contributed by atoms with Gasteiger partial charge in [0.1, 0.15) is 5.78 Å². The van der Waals surface area contributed by atoms with E-state index in [0.29, 0.717) is 48.2 Å². The minimum Gasteiger partial charge on any atom is -0.396 e. The molecule has 3 saturated carbocycles. The van der Waals surface area contributed by atoms with E-state index in [2.05, 4.69) is 34.6 Å². The van der Waals surface area contributed by atoms with Crippen molar-refractivity contribution >= 4 is 5.78 Å². The first-order valence-electron chi connectivity index (χ1n) is 13.2. The van der Waals surface area contributed by atoms with Crippen LogP contribution in [0.4, 0.5) is 0 Å². The van der Waals surface area contributed by atoms with Gasteiger partial charge in [0.15, 0.2) is 0 Å². The van der Waals surface area contributed by atoms with Crippen LogP contribution < -0.4 is 0 Å². The minimum atomic E-state index is -0.552. The highest BCUT2D eigenvalue weighted by molar-refractivity contribution is 5.87. The van der Waals surface area contributed by atoms with Gasteiger partial charge < -0.3 is 15.3 Å². The van der Waals surface area contributed by atoms with Crippen LogP contribution in [0.3, 0.4) is 0 Å². The number of Topliss-reactive ketones (excluding diaryl/α,β-unsaturated/α-hetero) is 1. The maximum Gasteiger partial charge on any atom is 0.141 e. The Kier molecular flexibility index (Phi) is 6.73. The minimum absolute atomic E-state index is 0.0177. The number of hydrogen-bond donors (Lipinski definition) is 3. The van der Waals surface area contributed by atoms with Gasteiger partial charge in [-0.2, -0.15) is 0 Å². The van der Waals surface area contributed by atoms with Gasteiger partial charge >= 0.3 is 0 Å². The van der Waals surface area contributed by atoms with Gasteiger partial charge in [-0.25, -0.2) is 0 Å². The van der Waals surface area contributed by atoms with Crippen LogP contribution in [0.15, 0.2) is 11.6 Å². The largest absolute Gasteiger partial charge is 0.396 e. The molecular weight excluding hydrogens is 400 g/mol. The van der Waals surface area contributed by atoms with Crippen LogP contribution in [-0.2, 0) is 4.79 Å². The molecule has 182 valence electrons. The maximum absolute atomic E-state index is 13.8. The van der Waals surface area contributed by atoms with Gasteiger partial charge in [-0.15, -0.1) is 0 Å². The molecule has 10 atom stereocenters. The third-order valence-electron chi connectivity index (χ3n) is 10.7. The van der Waals surface area contributed by atoms with Crippen LogP contribution in [0.25, 0.3) is 0 Å². The molecule has 4 rings (SSSR count). The van der Waals surface area contributed by atoms with Crippen molar-refractivity contribution in [1.82, 2.24) is 0 Å². The second-order valence-corrected chi connectivity index (χ2v) is 12.8. The lowest BCUT2D eigenvalue weighted by molar-refractivity contribution is -0.142. The molecular formula is C28H46O4. The molecule has 0 bridgehead atoms. The zero-order valence-electron chi connectivity index (χ0n) is 20.9. The Morgan fingerprint density at radius 2 is 1.78 bits per heavy atom. The van der Waals surface area contributed by atoms with E-state index in [0.717, 1.165) is 38.5 Å². The summed E-state index contributed by atoms with van der Waals surface area (Å²) < 4.78 is 0. The van der Waals surface area contributed by atoms with Crippen LogP contribution in [-0.4, -0.2) is 39.9 Å². The summed E-state index contributed by atoms with van der Waals surface area (Å²) in [4.78, 5) is 13.8. The molecule has 0 heterocycles. The highest BCUT2D eigenvalue weighted by Crippen LogP contribution is 2.66. The predicted molar refractivity (Wildman–Crippen MR) is 127 cm³/mol. The number of carbonyl (C=O) groups excluding carboxylic acids is 1. The fraction of sp³-hybridized carbons (Fsp3) is 0.893. The van der Waals surface area contributed by atoms with Crippen molar-refractivity contribution in [3.8, 4) is 0 Å². The second-order valence-electron chi connectivity index (χ2n) is 12.8. The molecule has 0 spiro atoms. The van der Waals surface area contributed by atoms with E-state index >= 15 is 0 Å². The Bertz CT molecular complexity index is 744. The molecule has 32 heavy (non-hydrogen) atoms. The number of fused-ring (bicyclic) bond motifs is 5. The number of carbonyl (C=O) groups is 1. The molecule has 4 aliphatic rings. The summed E-state index contributed by atoms with van der Waals surface area (Å²) in [5.74, 6) is 2.56. The summed E-state index contributed by atoms with van der Waals surface area (Å²) in [5.41, 5.74) is 0.982. The fourth-order valence-corrected chi connectivity index (χ4v) is 8.68. The molecule has 4 heteroatoms. The van der Waals surface area contributed by atoms with Gasteiger partial charge in [0.2, 0.25) is 0 Å². The highest BCUT2D eigenvalue weighted by Gasteiger charge is 2.62. The lowest BCUT2D eigenvalue weighted by Gasteiger charge is -2.57. The van der Waals surface area contributed by atoms with E-state index in [9.17, 15) is 20.1 Å². The van der Waals surface area contributed by atoms with Gasteiger partial charge in [-0.3, -0.25) is 4.79 Å². The van der Waals surface area contributed by atoms with Crippen LogP contribution in [0.5, 0.6) is 0 Å². The Morgan fingerprint density at radius 1 is 1.06 bits per heavy atom. The van der Waals surface area contributed by atoms with Gasteiger partial charge in [0.05, 0.1) is 12.2 Å². The lowest BCUT2D eigenvalue weighted by Crippen LogP contribution is -2.57. The number of hydrogen-bond acceptors (Lipinski definition) is 4. The normalized spacial score (nSPS) is 45.7. The molecule has 0 aliphatic heterocycles. The SMILES string of the molecule is CC(C)[C@@H](CO)CC[C@@H](C)[C@H]1CC[C@H]2C3=C[C@H](O)[C@H]4C[C@@H](O)CC[C@]4(C)[C@H]3C(=O)C[C@]12C. The van der Waals surface area contributed by atoms with Crippen molar-refractivity contribution in [3.05, 3.63) is 11.6 Å². The fourth-order valence-electron chi connectivity index (χ4n) is 8.68. The summed E-state index contributed by atoms with van der Waals surface area (Å²) >= 11 is 0. The van der Waals surface area contributed by atoms with Crippen molar-refractivity contribution in [3.63, 3.8) is 0 Å². The molecule has 3 N–H and O–H groups in total. The van der Waals surface area contributed by atoms with E-state index in [1.54, 1.807) is 0 Å². The molecule has 4 nitrogen and oxygen atoms in total. The predicted octanol–water partition coefficient (Wildman–Crippen LogP) is 4.76. The lowest BCUT2D eigenvalue weighted by atomic mass is 9.46. The molecule has 0 radical (unpaired) electrons. The summed E-state index contributed by atoms with van der Waals surface area (Å²) in [6, 6.07) is 0. The van der Waals surface area contributed by atoms with Crippen molar-refractivity contribution in [2.75, 3.05) is 6.61 Å². The third kappa shape index (κ3) is 3.82. The molecule has 0 aromatic carbocycles. The Morgan fingerprint density at radius 3 is 2.44 bits per heavy atom. The van der Waals surface area contributed by atoms with Crippen LogP contribution in [0.1, 0.15) is 86.0 Å². The summed E-state index contributed by atoms with van der Waals surface area (Å²) in [7, 11) is 0. The summed E-state index contributed by atoms with van der Waals surface area (Å²) in [6.45, 7) is 11.6. The Labute approximate surface area is 194 Å². The van der Waals surface area contributed by atoms with E-state index < -0.39 is 6.10 Å². The van der Waals surface area contributed by atoms with E-state index in [1.165, 1.54) is 5.57 Å². The number of allylic oxidation sites excluding steroid dienone is 1. The first-order chi connectivity index (χ1) is 15.0. The molecule has 0 aromatic rings. The Balaban J connectivity index is 1.58. The standard InChI is InChI=1S/C28H46O4/c1-16(2)18(15-29)7-6-17(3)21-8-9-22-20-13-24(31)23-12-19(30)10-11-27(23,4)26(20)25(32)14-28(21,22)5/h13,16-19,21-24,26,29-31H,6-12,14-15H2,1-5H3/t17-,18-,19+,21-,22+,23-,24+,26-,27+,28-/m1/s1. The summed E-state index contributed by atoms with van der Waals surface area (Å²) in [6.07, 6.45) is 8.38. The topological polar surface area (TPSA) is 77.8 Å². The molecule has 4 aliphatic carbocycles. The van der Waals surface area contributed by atoms with E-state index in [-0.39, 0.29) is 35.4 Å². The third-order valence-corrected chi connectivity index (χ3v) is 10.7. The van der Waals surface area contributed by atoms with E-state index in [1.807, 2.05) is 6.08 Å². The maximum atomic E-state index is 13.8. The van der Waals surface area contributed by atoms with Crippen LogP contribution in [0.2, 0.25) is 0 Å². The number of aliphatic hydroxyl groups is 3. The molecule has 0 saturated heterocycles. The summed E-state index contributed by atoms with van der Waals surface area (Å²) in [5, 5.41) is 31.1. The average molecular weight is 447 g/mol. The van der Waals surface area contributed by atoms with Crippen molar-refractivity contribution in [2.24, 2.45) is 52.3 Å². The monoisotopic (exact) mass is 446 g/mol. The number of aliphatic hydroxyl groups excluding tert-OH is 3. The van der Waals surface area contributed by atoms with Gasteiger partial charge in [-0.1, -0.05) is 52.7 Å². The first kappa shape index (κ1) is 24.4. The van der Waals surface area contributed by atoms with Crippen LogP contribution >= 0.6 is 0 Å². The smallest absolute Gasteiger partial charge is 0.141 e. The quantitative estimate of drug-likeness (QED) is 0.514. The highest BCUT2D eigenvalue weighted by atomic mass is 16.3. The van der Waals surface area contributed by atoms with E-state index in [4.69, 9.17) is 0 Å². The number of rotatable bonds is 6. The van der Waals surface area contributed by atoms with Gasteiger partial charge in [0, 0.05) is 18.9 Å². The first-order valence-corrected chi connectivity index (χ1v) is 13.2. The zero-order chi connectivity index (χ0) is 23.4. The van der Waals surface area contributed by atoms with Crippen molar-refractivity contribution < 1.29 is 20.1 Å². The van der Waals surface area contributed by atoms with Crippen molar-refractivity contribution in [2.45, 2.75) is 98.2 Å².